The minimum atomic E-state index is 0.643. The Morgan fingerprint density at radius 3 is 2.48 bits per heavy atom. The van der Waals surface area contributed by atoms with Gasteiger partial charge in [-0.05, 0) is 50.1 Å². The van der Waals surface area contributed by atoms with Crippen LogP contribution in [0.5, 0.6) is 0 Å². The van der Waals surface area contributed by atoms with Gasteiger partial charge in [0, 0.05) is 25.0 Å². The highest BCUT2D eigenvalue weighted by molar-refractivity contribution is 5.61. The van der Waals surface area contributed by atoms with E-state index in [1.807, 2.05) is 6.07 Å². The molecule has 1 aromatic heterocycles. The van der Waals surface area contributed by atoms with Gasteiger partial charge in [0.25, 0.3) is 0 Å². The first-order valence-electron chi connectivity index (χ1n) is 8.62. The molecule has 0 aliphatic rings. The van der Waals surface area contributed by atoms with Crippen LogP contribution < -0.4 is 10.2 Å². The lowest BCUT2D eigenvalue weighted by atomic mass is 10.1. The number of aryl methyl sites for hydroxylation is 2. The predicted octanol–water partition coefficient (Wildman–Crippen LogP) is 4.86. The second-order valence-corrected chi connectivity index (χ2v) is 6.16. The molecule has 1 N–H and O–H groups in total. The second kappa shape index (κ2) is 7.79. The number of benzene rings is 2. The summed E-state index contributed by atoms with van der Waals surface area (Å²) in [5.41, 5.74) is 4.86. The molecule has 0 atom stereocenters. The van der Waals surface area contributed by atoms with Crippen LogP contribution in [-0.4, -0.2) is 16.5 Å². The van der Waals surface area contributed by atoms with Crippen molar-refractivity contribution in [2.24, 2.45) is 0 Å². The molecule has 0 radical (unpaired) electrons. The van der Waals surface area contributed by atoms with Gasteiger partial charge >= 0.3 is 0 Å². The van der Waals surface area contributed by atoms with Gasteiger partial charge < -0.3 is 10.2 Å². The summed E-state index contributed by atoms with van der Waals surface area (Å²) in [6.45, 7) is 7.88. The molecule has 0 fully saturated rings. The molecule has 0 spiro atoms. The number of hydrogen-bond acceptors (Lipinski definition) is 4. The zero-order chi connectivity index (χ0) is 17.6. The van der Waals surface area contributed by atoms with Gasteiger partial charge in [-0.15, -0.1) is 0 Å². The van der Waals surface area contributed by atoms with Gasteiger partial charge in [0.05, 0.1) is 0 Å². The third-order valence-electron chi connectivity index (χ3n) is 4.12. The van der Waals surface area contributed by atoms with Crippen LogP contribution in [0.15, 0.2) is 60.8 Å². The van der Waals surface area contributed by atoms with Crippen molar-refractivity contribution in [3.05, 3.63) is 77.5 Å². The third kappa shape index (κ3) is 4.35. The highest BCUT2D eigenvalue weighted by atomic mass is 15.2. The van der Waals surface area contributed by atoms with Crippen molar-refractivity contribution in [1.82, 2.24) is 9.97 Å². The first kappa shape index (κ1) is 17.0. The summed E-state index contributed by atoms with van der Waals surface area (Å²) in [6.07, 6.45) is 1.80. The van der Waals surface area contributed by atoms with E-state index in [-0.39, 0.29) is 0 Å². The van der Waals surface area contributed by atoms with Crippen LogP contribution in [0, 0.1) is 13.8 Å². The van der Waals surface area contributed by atoms with Crippen LogP contribution >= 0.6 is 0 Å². The lowest BCUT2D eigenvalue weighted by Crippen LogP contribution is -2.18. The number of nitrogens with zero attached hydrogens (tertiary/aromatic N) is 3. The fourth-order valence-electron chi connectivity index (χ4n) is 2.74. The van der Waals surface area contributed by atoms with E-state index in [1.165, 1.54) is 16.7 Å². The number of hydrogen-bond donors (Lipinski definition) is 1. The Balaban J connectivity index is 1.76. The average molecular weight is 332 g/mol. The Morgan fingerprint density at radius 1 is 0.960 bits per heavy atom. The Labute approximate surface area is 149 Å². The molecule has 3 rings (SSSR count). The van der Waals surface area contributed by atoms with Gasteiger partial charge in [0.2, 0.25) is 5.95 Å². The highest BCUT2D eigenvalue weighted by Gasteiger charge is 2.10. The minimum absolute atomic E-state index is 0.643. The van der Waals surface area contributed by atoms with E-state index in [0.29, 0.717) is 12.5 Å². The summed E-state index contributed by atoms with van der Waals surface area (Å²) in [7, 11) is 0. The van der Waals surface area contributed by atoms with E-state index in [1.54, 1.807) is 6.20 Å². The van der Waals surface area contributed by atoms with Crippen molar-refractivity contribution in [1.29, 1.82) is 0 Å². The van der Waals surface area contributed by atoms with Crippen molar-refractivity contribution >= 4 is 17.5 Å². The van der Waals surface area contributed by atoms with Crippen LogP contribution in [-0.2, 0) is 6.54 Å². The van der Waals surface area contributed by atoms with Crippen LogP contribution in [0.3, 0.4) is 0 Å². The van der Waals surface area contributed by atoms with Crippen molar-refractivity contribution in [3.63, 3.8) is 0 Å². The standard InChI is InChI=1S/C21H24N4/c1-4-25(19-7-5-6-17(3)14-19)20-12-13-22-21(24-20)23-15-18-10-8-16(2)9-11-18/h5-14H,4,15H2,1-3H3,(H,22,23,24). The number of nitrogens with one attached hydrogen (secondary N) is 1. The zero-order valence-corrected chi connectivity index (χ0v) is 15.0. The zero-order valence-electron chi connectivity index (χ0n) is 15.0. The SMILES string of the molecule is CCN(c1cccc(C)c1)c1ccnc(NCc2ccc(C)cc2)n1. The number of aromatic nitrogens is 2. The normalized spacial score (nSPS) is 10.5. The van der Waals surface area contributed by atoms with E-state index >= 15 is 0 Å². The monoisotopic (exact) mass is 332 g/mol. The quantitative estimate of drug-likeness (QED) is 0.699. The Bertz CT molecular complexity index is 827. The Morgan fingerprint density at radius 2 is 1.76 bits per heavy atom. The molecule has 25 heavy (non-hydrogen) atoms. The molecule has 0 saturated heterocycles. The van der Waals surface area contributed by atoms with Gasteiger partial charge in [0.15, 0.2) is 0 Å². The molecule has 0 saturated carbocycles. The molecular formula is C21H24N4. The van der Waals surface area contributed by atoms with Crippen LogP contribution in [0.4, 0.5) is 17.5 Å². The maximum absolute atomic E-state index is 4.69. The van der Waals surface area contributed by atoms with Gasteiger partial charge in [-0.1, -0.05) is 42.0 Å². The molecule has 4 heteroatoms. The molecule has 0 aliphatic heterocycles. The highest BCUT2D eigenvalue weighted by Crippen LogP contribution is 2.24. The molecule has 128 valence electrons. The van der Waals surface area contributed by atoms with Gasteiger partial charge in [-0.3, -0.25) is 0 Å². The smallest absolute Gasteiger partial charge is 0.224 e. The van der Waals surface area contributed by atoms with Crippen LogP contribution in [0.2, 0.25) is 0 Å². The summed E-state index contributed by atoms with van der Waals surface area (Å²) >= 11 is 0. The Hall–Kier alpha value is -2.88. The van der Waals surface area contributed by atoms with Gasteiger partial charge in [-0.25, -0.2) is 4.98 Å². The summed E-state index contributed by atoms with van der Waals surface area (Å²) in [5.74, 6) is 1.54. The first-order valence-corrected chi connectivity index (χ1v) is 8.62. The van der Waals surface area contributed by atoms with Crippen LogP contribution in [0.25, 0.3) is 0 Å². The largest absolute Gasteiger partial charge is 0.350 e. The van der Waals surface area contributed by atoms with Crippen LogP contribution in [0.1, 0.15) is 23.6 Å². The fraction of sp³-hybridized carbons (Fsp3) is 0.238. The minimum Gasteiger partial charge on any atom is -0.350 e. The molecular weight excluding hydrogens is 308 g/mol. The molecule has 0 aliphatic carbocycles. The van der Waals surface area contributed by atoms with E-state index in [4.69, 9.17) is 0 Å². The number of rotatable bonds is 6. The maximum Gasteiger partial charge on any atom is 0.224 e. The van der Waals surface area contributed by atoms with Crippen molar-refractivity contribution in [2.45, 2.75) is 27.3 Å². The van der Waals surface area contributed by atoms with Gasteiger partial charge in [0.1, 0.15) is 5.82 Å². The predicted molar refractivity (Wildman–Crippen MR) is 104 cm³/mol. The van der Waals surface area contributed by atoms with Crippen molar-refractivity contribution in [2.75, 3.05) is 16.8 Å². The van der Waals surface area contributed by atoms with E-state index in [9.17, 15) is 0 Å². The molecule has 4 nitrogen and oxygen atoms in total. The van der Waals surface area contributed by atoms with Crippen molar-refractivity contribution < 1.29 is 0 Å². The number of anilines is 3. The third-order valence-corrected chi connectivity index (χ3v) is 4.12. The molecule has 0 bridgehead atoms. The van der Waals surface area contributed by atoms with E-state index < -0.39 is 0 Å². The first-order chi connectivity index (χ1) is 12.2. The molecule has 3 aromatic rings. The van der Waals surface area contributed by atoms with E-state index in [2.05, 4.69) is 89.5 Å². The summed E-state index contributed by atoms with van der Waals surface area (Å²) in [5, 5.41) is 3.31. The Kier molecular flexibility index (Phi) is 5.29. The second-order valence-electron chi connectivity index (χ2n) is 6.16. The lowest BCUT2D eigenvalue weighted by Gasteiger charge is -2.22. The summed E-state index contributed by atoms with van der Waals surface area (Å²) < 4.78 is 0. The summed E-state index contributed by atoms with van der Waals surface area (Å²) in [6, 6.07) is 18.9. The molecule has 2 aromatic carbocycles. The summed E-state index contributed by atoms with van der Waals surface area (Å²) in [4.78, 5) is 11.2. The average Bonchev–Trinajstić information content (AvgIpc) is 2.62. The van der Waals surface area contributed by atoms with E-state index in [0.717, 1.165) is 18.1 Å². The topological polar surface area (TPSA) is 41.1 Å². The molecule has 1 heterocycles. The van der Waals surface area contributed by atoms with Crippen molar-refractivity contribution in [3.8, 4) is 0 Å². The lowest BCUT2D eigenvalue weighted by molar-refractivity contribution is 0.965. The van der Waals surface area contributed by atoms with Gasteiger partial charge in [-0.2, -0.15) is 4.98 Å². The fourth-order valence-corrected chi connectivity index (χ4v) is 2.74. The maximum atomic E-state index is 4.69. The molecule has 0 unspecified atom stereocenters. The molecule has 0 amide bonds.